The summed E-state index contributed by atoms with van der Waals surface area (Å²) < 4.78 is 10.6. The monoisotopic (exact) mass is 402 g/mol. The lowest BCUT2D eigenvalue weighted by molar-refractivity contribution is 0.146. The summed E-state index contributed by atoms with van der Waals surface area (Å²) in [6.45, 7) is 4.05. The van der Waals surface area contributed by atoms with Crippen molar-refractivity contribution in [3.63, 3.8) is 0 Å². The molecule has 2 N–H and O–H groups in total. The number of anilines is 1. The van der Waals surface area contributed by atoms with E-state index in [1.807, 2.05) is 30.5 Å². The Balaban J connectivity index is 1.40. The van der Waals surface area contributed by atoms with E-state index < -0.39 is 0 Å². The summed E-state index contributed by atoms with van der Waals surface area (Å²) in [5.41, 5.74) is 1.19. The van der Waals surface area contributed by atoms with E-state index in [9.17, 15) is 0 Å². The third kappa shape index (κ3) is 6.14. The molecule has 1 aromatic carbocycles. The highest BCUT2D eigenvalue weighted by Crippen LogP contribution is 2.24. The van der Waals surface area contributed by atoms with Gasteiger partial charge >= 0.3 is 0 Å². The third-order valence-corrected chi connectivity index (χ3v) is 5.75. The Bertz CT molecular complexity index is 711. The molecule has 7 heteroatoms. The number of nitrogens with zero attached hydrogens (tertiary/aromatic N) is 2. The Morgan fingerprint density at radius 1 is 1.18 bits per heavy atom. The maximum absolute atomic E-state index is 5.60. The highest BCUT2D eigenvalue weighted by molar-refractivity contribution is 7.14. The highest BCUT2D eigenvalue weighted by Gasteiger charge is 2.20. The van der Waals surface area contributed by atoms with Crippen LogP contribution in [0.5, 0.6) is 5.75 Å². The van der Waals surface area contributed by atoms with E-state index in [1.165, 1.54) is 10.6 Å². The van der Waals surface area contributed by atoms with Crippen molar-refractivity contribution in [2.75, 3.05) is 45.4 Å². The molecule has 1 saturated heterocycles. The number of benzene rings is 1. The molecule has 2 heterocycles. The summed E-state index contributed by atoms with van der Waals surface area (Å²) in [5, 5.41) is 10.5. The number of ether oxygens (including phenoxy) is 2. The van der Waals surface area contributed by atoms with Crippen molar-refractivity contribution in [1.29, 1.82) is 0 Å². The molecule has 0 amide bonds. The summed E-state index contributed by atoms with van der Waals surface area (Å²) in [6, 6.07) is 12.9. The lowest BCUT2D eigenvalue weighted by Gasteiger charge is -2.33. The standard InChI is InChI=1S/C21H30N4O2S/c1-22-21(23-16-17-5-7-19(8-6-17)27-14-13-26-2)24-18-9-11-25(12-10-18)20-4-3-15-28-20/h3-8,15,18H,9-14,16H2,1-2H3,(H2,22,23,24). The third-order valence-electron chi connectivity index (χ3n) is 4.82. The predicted octanol–water partition coefficient (Wildman–Crippen LogP) is 3.11. The molecule has 0 unspecified atom stereocenters. The smallest absolute Gasteiger partial charge is 0.191 e. The molecule has 3 rings (SSSR count). The molecule has 0 spiro atoms. The fourth-order valence-electron chi connectivity index (χ4n) is 3.21. The molecule has 0 atom stereocenters. The fraction of sp³-hybridized carbons (Fsp3) is 0.476. The van der Waals surface area contributed by atoms with Gasteiger partial charge in [0, 0.05) is 39.8 Å². The van der Waals surface area contributed by atoms with E-state index in [2.05, 4.69) is 50.2 Å². The number of thiophene rings is 1. The number of guanidine groups is 1. The van der Waals surface area contributed by atoms with Crippen LogP contribution >= 0.6 is 11.3 Å². The Kier molecular flexibility index (Phi) is 7.99. The zero-order valence-corrected chi connectivity index (χ0v) is 17.5. The molecule has 0 saturated carbocycles. The van der Waals surface area contributed by atoms with Crippen LogP contribution < -0.4 is 20.3 Å². The van der Waals surface area contributed by atoms with Crippen molar-refractivity contribution in [3.8, 4) is 5.75 Å². The van der Waals surface area contributed by atoms with Gasteiger partial charge in [-0.15, -0.1) is 11.3 Å². The van der Waals surface area contributed by atoms with Crippen LogP contribution in [0.25, 0.3) is 0 Å². The van der Waals surface area contributed by atoms with Crippen molar-refractivity contribution in [1.82, 2.24) is 10.6 Å². The molecule has 1 aromatic heterocycles. The van der Waals surface area contributed by atoms with E-state index in [-0.39, 0.29) is 0 Å². The van der Waals surface area contributed by atoms with Gasteiger partial charge in [-0.3, -0.25) is 4.99 Å². The minimum absolute atomic E-state index is 0.457. The summed E-state index contributed by atoms with van der Waals surface area (Å²) >= 11 is 1.82. The van der Waals surface area contributed by atoms with E-state index in [0.717, 1.165) is 44.2 Å². The van der Waals surface area contributed by atoms with Gasteiger partial charge in [0.05, 0.1) is 11.6 Å². The van der Waals surface area contributed by atoms with Crippen LogP contribution in [-0.4, -0.2) is 52.5 Å². The van der Waals surface area contributed by atoms with Gasteiger partial charge in [-0.2, -0.15) is 0 Å². The van der Waals surface area contributed by atoms with Crippen LogP contribution in [-0.2, 0) is 11.3 Å². The highest BCUT2D eigenvalue weighted by atomic mass is 32.1. The molecule has 0 bridgehead atoms. The summed E-state index contributed by atoms with van der Waals surface area (Å²) in [7, 11) is 3.50. The SMILES string of the molecule is CN=C(NCc1ccc(OCCOC)cc1)NC1CCN(c2cccs2)CC1. The average Bonchev–Trinajstić information content (AvgIpc) is 3.27. The van der Waals surface area contributed by atoms with E-state index in [1.54, 1.807) is 7.11 Å². The van der Waals surface area contributed by atoms with Crippen LogP contribution in [0.1, 0.15) is 18.4 Å². The lowest BCUT2D eigenvalue weighted by atomic mass is 10.1. The molecule has 1 aliphatic heterocycles. The summed E-state index contributed by atoms with van der Waals surface area (Å²) in [4.78, 5) is 6.85. The molecule has 2 aromatic rings. The lowest BCUT2D eigenvalue weighted by Crippen LogP contribution is -2.48. The maximum atomic E-state index is 5.60. The van der Waals surface area contributed by atoms with Gasteiger partial charge in [-0.1, -0.05) is 12.1 Å². The second kappa shape index (κ2) is 10.9. The number of hydrogen-bond donors (Lipinski definition) is 2. The van der Waals surface area contributed by atoms with Crippen molar-refractivity contribution in [3.05, 3.63) is 47.3 Å². The van der Waals surface area contributed by atoms with Crippen molar-refractivity contribution in [2.24, 2.45) is 4.99 Å². The minimum atomic E-state index is 0.457. The van der Waals surface area contributed by atoms with Crippen molar-refractivity contribution < 1.29 is 9.47 Å². The van der Waals surface area contributed by atoms with Crippen LogP contribution in [0.15, 0.2) is 46.8 Å². The van der Waals surface area contributed by atoms with E-state index in [0.29, 0.717) is 19.3 Å². The van der Waals surface area contributed by atoms with Crippen LogP contribution in [0, 0.1) is 0 Å². The zero-order valence-electron chi connectivity index (χ0n) is 16.7. The fourth-order valence-corrected chi connectivity index (χ4v) is 4.00. The first kappa shape index (κ1) is 20.5. The summed E-state index contributed by atoms with van der Waals surface area (Å²) in [6.07, 6.45) is 2.23. The first-order valence-electron chi connectivity index (χ1n) is 9.75. The quantitative estimate of drug-likeness (QED) is 0.404. The number of piperidine rings is 1. The number of rotatable bonds is 8. The van der Waals surface area contributed by atoms with Crippen LogP contribution in [0.4, 0.5) is 5.00 Å². The van der Waals surface area contributed by atoms with Crippen molar-refractivity contribution in [2.45, 2.75) is 25.4 Å². The van der Waals surface area contributed by atoms with Crippen molar-refractivity contribution >= 4 is 22.3 Å². The number of aliphatic imine (C=N–C) groups is 1. The van der Waals surface area contributed by atoms with Gasteiger partial charge < -0.3 is 25.0 Å². The number of nitrogens with one attached hydrogen (secondary N) is 2. The van der Waals surface area contributed by atoms with Gasteiger partial charge in [0.1, 0.15) is 12.4 Å². The van der Waals surface area contributed by atoms with Gasteiger partial charge in [0.25, 0.3) is 0 Å². The Hall–Kier alpha value is -2.25. The predicted molar refractivity (Wildman–Crippen MR) is 117 cm³/mol. The second-order valence-corrected chi connectivity index (χ2v) is 7.69. The first-order chi connectivity index (χ1) is 13.8. The maximum Gasteiger partial charge on any atom is 0.191 e. The van der Waals surface area contributed by atoms with E-state index >= 15 is 0 Å². The molecule has 1 aliphatic rings. The topological polar surface area (TPSA) is 58.1 Å². The number of methoxy groups -OCH3 is 1. The summed E-state index contributed by atoms with van der Waals surface area (Å²) in [5.74, 6) is 1.72. The normalized spacial score (nSPS) is 15.5. The average molecular weight is 403 g/mol. The largest absolute Gasteiger partial charge is 0.491 e. The molecule has 6 nitrogen and oxygen atoms in total. The Morgan fingerprint density at radius 3 is 2.61 bits per heavy atom. The molecule has 152 valence electrons. The molecule has 0 aliphatic carbocycles. The van der Waals surface area contributed by atoms with Gasteiger partial charge in [0.15, 0.2) is 5.96 Å². The molecular weight excluding hydrogens is 372 g/mol. The van der Waals surface area contributed by atoms with Crippen LogP contribution in [0.2, 0.25) is 0 Å². The van der Waals surface area contributed by atoms with E-state index in [4.69, 9.17) is 9.47 Å². The number of hydrogen-bond acceptors (Lipinski definition) is 5. The Morgan fingerprint density at radius 2 is 1.96 bits per heavy atom. The zero-order chi connectivity index (χ0) is 19.6. The van der Waals surface area contributed by atoms with Gasteiger partial charge in [-0.05, 0) is 48.1 Å². The second-order valence-electron chi connectivity index (χ2n) is 6.77. The molecular formula is C21H30N4O2S. The first-order valence-corrected chi connectivity index (χ1v) is 10.6. The minimum Gasteiger partial charge on any atom is -0.491 e. The molecule has 0 radical (unpaired) electrons. The van der Waals surface area contributed by atoms with Gasteiger partial charge in [-0.25, -0.2) is 0 Å². The molecule has 28 heavy (non-hydrogen) atoms. The molecule has 1 fully saturated rings. The van der Waals surface area contributed by atoms with Crippen LogP contribution in [0.3, 0.4) is 0 Å². The Labute approximate surface area is 171 Å². The van der Waals surface area contributed by atoms with Gasteiger partial charge in [0.2, 0.25) is 0 Å².